The van der Waals surface area contributed by atoms with Crippen molar-refractivity contribution in [1.29, 1.82) is 0 Å². The van der Waals surface area contributed by atoms with Gasteiger partial charge >= 0.3 is 0 Å². The van der Waals surface area contributed by atoms with Crippen LogP contribution in [0.4, 0.5) is 0 Å². The molecular formula is C13H14O3. The van der Waals surface area contributed by atoms with Crippen molar-refractivity contribution < 1.29 is 14.9 Å². The van der Waals surface area contributed by atoms with Crippen LogP contribution in [0.2, 0.25) is 0 Å². The zero-order valence-electron chi connectivity index (χ0n) is 9.10. The Balaban J connectivity index is 2.63. The van der Waals surface area contributed by atoms with Crippen LogP contribution in [-0.4, -0.2) is 17.3 Å². The first-order valence-electron chi connectivity index (χ1n) is 5.09. The van der Waals surface area contributed by atoms with E-state index in [4.69, 9.17) is 4.74 Å². The van der Waals surface area contributed by atoms with Crippen molar-refractivity contribution in [2.45, 2.75) is 13.2 Å². The molecule has 0 unspecified atom stereocenters. The number of rotatable bonds is 3. The van der Waals surface area contributed by atoms with Crippen molar-refractivity contribution in [1.82, 2.24) is 0 Å². The van der Waals surface area contributed by atoms with Crippen LogP contribution in [0, 0.1) is 0 Å². The van der Waals surface area contributed by atoms with Crippen molar-refractivity contribution in [3.8, 4) is 5.75 Å². The summed E-state index contributed by atoms with van der Waals surface area (Å²) in [5.74, 6) is 0.785. The number of hydrogen-bond acceptors (Lipinski definition) is 3. The Kier molecular flexibility index (Phi) is 3.08. The van der Waals surface area contributed by atoms with E-state index in [1.807, 2.05) is 30.3 Å². The third kappa shape index (κ3) is 1.87. The first kappa shape index (κ1) is 10.9. The number of aliphatic hydroxyl groups excluding tert-OH is 2. The molecule has 0 saturated heterocycles. The summed E-state index contributed by atoms with van der Waals surface area (Å²) in [6, 6.07) is 9.50. The van der Waals surface area contributed by atoms with Gasteiger partial charge in [0.25, 0.3) is 0 Å². The Morgan fingerprint density at radius 1 is 0.938 bits per heavy atom. The fourth-order valence-electron chi connectivity index (χ4n) is 1.79. The molecule has 0 amide bonds. The lowest BCUT2D eigenvalue weighted by atomic mass is 10.0. The van der Waals surface area contributed by atoms with E-state index in [2.05, 4.69) is 0 Å². The summed E-state index contributed by atoms with van der Waals surface area (Å²) in [6.07, 6.45) is 0. The standard InChI is InChI=1S/C13H14O3/c1-16-13-3-2-9-4-11(7-14)12(8-15)5-10(9)6-13/h2-6,14-15H,7-8H2,1H3. The second-order valence-electron chi connectivity index (χ2n) is 3.65. The van der Waals surface area contributed by atoms with E-state index in [1.165, 1.54) is 0 Å². The predicted octanol–water partition coefficient (Wildman–Crippen LogP) is 1.83. The molecule has 0 spiro atoms. The molecule has 0 saturated carbocycles. The van der Waals surface area contributed by atoms with Gasteiger partial charge in [-0.15, -0.1) is 0 Å². The van der Waals surface area contributed by atoms with Crippen LogP contribution in [0.25, 0.3) is 10.8 Å². The Labute approximate surface area is 93.9 Å². The highest BCUT2D eigenvalue weighted by Crippen LogP contribution is 2.24. The topological polar surface area (TPSA) is 49.7 Å². The van der Waals surface area contributed by atoms with Crippen molar-refractivity contribution in [2.75, 3.05) is 7.11 Å². The second-order valence-corrected chi connectivity index (χ2v) is 3.65. The third-order valence-corrected chi connectivity index (χ3v) is 2.71. The van der Waals surface area contributed by atoms with E-state index >= 15 is 0 Å². The second kappa shape index (κ2) is 4.51. The van der Waals surface area contributed by atoms with Gasteiger partial charge in [0, 0.05) is 0 Å². The highest BCUT2D eigenvalue weighted by molar-refractivity contribution is 5.85. The molecule has 2 N–H and O–H groups in total. The van der Waals surface area contributed by atoms with Crippen LogP contribution in [0.15, 0.2) is 30.3 Å². The first-order chi connectivity index (χ1) is 7.78. The normalized spacial score (nSPS) is 10.7. The molecule has 0 aromatic heterocycles. The summed E-state index contributed by atoms with van der Waals surface area (Å²) in [5.41, 5.74) is 1.52. The zero-order valence-corrected chi connectivity index (χ0v) is 9.10. The van der Waals surface area contributed by atoms with Gasteiger partial charge in [-0.25, -0.2) is 0 Å². The Bertz CT molecular complexity index is 506. The number of benzene rings is 2. The van der Waals surface area contributed by atoms with Crippen LogP contribution in [0.1, 0.15) is 11.1 Å². The van der Waals surface area contributed by atoms with Gasteiger partial charge < -0.3 is 14.9 Å². The van der Waals surface area contributed by atoms with Crippen LogP contribution in [0.5, 0.6) is 5.75 Å². The van der Waals surface area contributed by atoms with Gasteiger partial charge in [0.2, 0.25) is 0 Å². The van der Waals surface area contributed by atoms with Crippen LogP contribution in [-0.2, 0) is 13.2 Å². The average Bonchev–Trinajstić information content (AvgIpc) is 2.36. The molecule has 0 aliphatic heterocycles. The Morgan fingerprint density at radius 2 is 1.56 bits per heavy atom. The van der Waals surface area contributed by atoms with E-state index < -0.39 is 0 Å². The number of hydrogen-bond donors (Lipinski definition) is 2. The summed E-state index contributed by atoms with van der Waals surface area (Å²) in [7, 11) is 1.62. The van der Waals surface area contributed by atoms with Gasteiger partial charge in [-0.05, 0) is 46.2 Å². The lowest BCUT2D eigenvalue weighted by Gasteiger charge is -2.08. The van der Waals surface area contributed by atoms with Crippen LogP contribution >= 0.6 is 0 Å². The van der Waals surface area contributed by atoms with Crippen molar-refractivity contribution in [3.63, 3.8) is 0 Å². The minimum atomic E-state index is -0.0664. The monoisotopic (exact) mass is 218 g/mol. The fourth-order valence-corrected chi connectivity index (χ4v) is 1.79. The summed E-state index contributed by atoms with van der Waals surface area (Å²) in [5, 5.41) is 20.4. The van der Waals surface area contributed by atoms with Gasteiger partial charge in [0.05, 0.1) is 20.3 Å². The molecule has 0 radical (unpaired) electrons. The highest BCUT2D eigenvalue weighted by atomic mass is 16.5. The van der Waals surface area contributed by atoms with E-state index in [9.17, 15) is 10.2 Å². The molecule has 3 nitrogen and oxygen atoms in total. The lowest BCUT2D eigenvalue weighted by Crippen LogP contribution is -1.94. The number of aliphatic hydroxyl groups is 2. The average molecular weight is 218 g/mol. The number of methoxy groups -OCH3 is 1. The van der Waals surface area contributed by atoms with Crippen molar-refractivity contribution >= 4 is 10.8 Å². The van der Waals surface area contributed by atoms with Crippen molar-refractivity contribution in [2.24, 2.45) is 0 Å². The molecule has 0 aliphatic carbocycles. The molecular weight excluding hydrogens is 204 g/mol. The third-order valence-electron chi connectivity index (χ3n) is 2.71. The molecule has 0 atom stereocenters. The highest BCUT2D eigenvalue weighted by Gasteiger charge is 2.04. The molecule has 3 heteroatoms. The van der Waals surface area contributed by atoms with E-state index in [1.54, 1.807) is 7.11 Å². The van der Waals surface area contributed by atoms with Crippen LogP contribution < -0.4 is 4.74 Å². The Morgan fingerprint density at radius 3 is 2.12 bits per heavy atom. The molecule has 0 heterocycles. The molecule has 16 heavy (non-hydrogen) atoms. The molecule has 2 aromatic rings. The molecule has 2 aromatic carbocycles. The molecule has 2 rings (SSSR count). The summed E-state index contributed by atoms with van der Waals surface area (Å²) in [4.78, 5) is 0. The summed E-state index contributed by atoms with van der Waals surface area (Å²) in [6.45, 7) is -0.124. The maximum atomic E-state index is 9.19. The minimum Gasteiger partial charge on any atom is -0.497 e. The van der Waals surface area contributed by atoms with Gasteiger partial charge in [-0.1, -0.05) is 6.07 Å². The van der Waals surface area contributed by atoms with Gasteiger partial charge in [-0.3, -0.25) is 0 Å². The van der Waals surface area contributed by atoms with E-state index in [0.29, 0.717) is 0 Å². The van der Waals surface area contributed by atoms with E-state index in [0.717, 1.165) is 27.6 Å². The molecule has 0 bridgehead atoms. The lowest BCUT2D eigenvalue weighted by molar-refractivity contribution is 0.260. The SMILES string of the molecule is COc1ccc2cc(CO)c(CO)cc2c1. The number of ether oxygens (including phenoxy) is 1. The Hall–Kier alpha value is -1.58. The zero-order chi connectivity index (χ0) is 11.5. The maximum Gasteiger partial charge on any atom is 0.119 e. The largest absolute Gasteiger partial charge is 0.497 e. The predicted molar refractivity (Wildman–Crippen MR) is 62.3 cm³/mol. The van der Waals surface area contributed by atoms with Gasteiger partial charge in [0.1, 0.15) is 5.75 Å². The van der Waals surface area contributed by atoms with Gasteiger partial charge in [0.15, 0.2) is 0 Å². The summed E-state index contributed by atoms with van der Waals surface area (Å²) < 4.78 is 5.14. The smallest absolute Gasteiger partial charge is 0.119 e. The van der Waals surface area contributed by atoms with Crippen molar-refractivity contribution in [3.05, 3.63) is 41.5 Å². The minimum absolute atomic E-state index is 0.0577. The maximum absolute atomic E-state index is 9.19. The van der Waals surface area contributed by atoms with Crippen LogP contribution in [0.3, 0.4) is 0 Å². The first-order valence-corrected chi connectivity index (χ1v) is 5.09. The van der Waals surface area contributed by atoms with E-state index in [-0.39, 0.29) is 13.2 Å². The van der Waals surface area contributed by atoms with Gasteiger partial charge in [-0.2, -0.15) is 0 Å². The molecule has 84 valence electrons. The quantitative estimate of drug-likeness (QED) is 0.826. The summed E-state index contributed by atoms with van der Waals surface area (Å²) >= 11 is 0. The molecule has 0 aliphatic rings. The number of fused-ring (bicyclic) bond motifs is 1. The molecule has 0 fully saturated rings. The fraction of sp³-hybridized carbons (Fsp3) is 0.231.